The highest BCUT2D eigenvalue weighted by atomic mass is 35.5. The number of hydrazone groups is 1. The van der Waals surface area contributed by atoms with Gasteiger partial charge in [-0.15, -0.1) is 5.10 Å². The van der Waals surface area contributed by atoms with Crippen LogP contribution in [0.5, 0.6) is 5.75 Å². The number of carbonyl (C=O) groups is 3. The summed E-state index contributed by atoms with van der Waals surface area (Å²) < 4.78 is 5.76. The molecule has 0 aliphatic carbocycles. The molecule has 0 radical (unpaired) electrons. The van der Waals surface area contributed by atoms with E-state index < -0.39 is 10.8 Å². The molecule has 0 bridgehead atoms. The molecule has 1 N–H and O–H groups in total. The van der Waals surface area contributed by atoms with E-state index >= 15 is 0 Å². The molecular formula is C21H19ClN4O4S. The number of para-hydroxylation sites is 2. The Labute approximate surface area is 188 Å². The summed E-state index contributed by atoms with van der Waals surface area (Å²) in [5, 5.41) is 8.62. The lowest BCUT2D eigenvalue weighted by Gasteiger charge is -2.29. The first-order chi connectivity index (χ1) is 14.8. The summed E-state index contributed by atoms with van der Waals surface area (Å²) in [7, 11) is 0. The molecule has 8 nitrogen and oxygen atoms in total. The molecule has 2 aromatic rings. The van der Waals surface area contributed by atoms with Crippen molar-refractivity contribution in [2.45, 2.75) is 18.7 Å². The number of thioether (sulfide) groups is 1. The second-order valence-corrected chi connectivity index (χ2v) is 8.50. The van der Waals surface area contributed by atoms with Gasteiger partial charge in [-0.05, 0) is 30.0 Å². The highest BCUT2D eigenvalue weighted by molar-refractivity contribution is 8.15. The van der Waals surface area contributed by atoms with Crippen LogP contribution >= 0.6 is 23.4 Å². The third-order valence-corrected chi connectivity index (χ3v) is 6.37. The van der Waals surface area contributed by atoms with E-state index in [0.29, 0.717) is 22.0 Å². The van der Waals surface area contributed by atoms with E-state index in [9.17, 15) is 14.4 Å². The Morgan fingerprint density at radius 3 is 2.58 bits per heavy atom. The molecule has 2 aliphatic rings. The van der Waals surface area contributed by atoms with E-state index in [-0.39, 0.29) is 30.1 Å². The Bertz CT molecular complexity index is 1110. The lowest BCUT2D eigenvalue weighted by molar-refractivity contribution is -0.139. The zero-order valence-corrected chi connectivity index (χ0v) is 18.4. The molecule has 1 unspecified atom stereocenters. The van der Waals surface area contributed by atoms with Gasteiger partial charge in [0.25, 0.3) is 5.91 Å². The van der Waals surface area contributed by atoms with Gasteiger partial charge in [0.2, 0.25) is 16.7 Å². The second-order valence-electron chi connectivity index (χ2n) is 6.92. The van der Waals surface area contributed by atoms with Crippen molar-refractivity contribution in [3.8, 4) is 5.75 Å². The third kappa shape index (κ3) is 3.64. The summed E-state index contributed by atoms with van der Waals surface area (Å²) in [5.74, 6) is -0.558. The molecule has 1 spiro atoms. The van der Waals surface area contributed by atoms with Crippen LogP contribution in [0.2, 0.25) is 5.02 Å². The van der Waals surface area contributed by atoms with Gasteiger partial charge in [0.05, 0.1) is 17.3 Å². The minimum absolute atomic E-state index is 0.194. The Morgan fingerprint density at radius 2 is 1.87 bits per heavy atom. The van der Waals surface area contributed by atoms with Crippen LogP contribution in [0.4, 0.5) is 5.69 Å². The second kappa shape index (κ2) is 8.24. The fourth-order valence-electron chi connectivity index (χ4n) is 3.60. The van der Waals surface area contributed by atoms with E-state index in [0.717, 1.165) is 16.8 Å². The summed E-state index contributed by atoms with van der Waals surface area (Å²) in [4.78, 5) is 37.8. The maximum atomic E-state index is 13.7. The predicted octanol–water partition coefficient (Wildman–Crippen LogP) is 2.92. The molecule has 0 saturated carbocycles. The zero-order valence-electron chi connectivity index (χ0n) is 16.8. The summed E-state index contributed by atoms with van der Waals surface area (Å²) in [5.41, 5.74) is 1.29. The van der Waals surface area contributed by atoms with Crippen LogP contribution in [0.3, 0.4) is 0 Å². The topological polar surface area (TPSA) is 91.3 Å². The first-order valence-electron chi connectivity index (χ1n) is 9.49. The number of hydrogen-bond acceptors (Lipinski definition) is 6. The number of halogens is 1. The minimum Gasteiger partial charge on any atom is -0.490 e. The van der Waals surface area contributed by atoms with E-state index in [1.165, 1.54) is 13.8 Å². The summed E-state index contributed by atoms with van der Waals surface area (Å²) in [6.07, 6.45) is 0. The standard InChI is InChI=1S/C21H19ClN4O4S/c1-13(27)23-20-24-26(14(2)28)21(31-20)15-7-3-5-9-17(15)25(19(21)29)11-12-30-18-10-6-4-8-16(18)22/h3-10H,11-12H2,1-2H3,(H,23,24,27). The molecule has 160 valence electrons. The maximum absolute atomic E-state index is 13.7. The Kier molecular flexibility index (Phi) is 5.63. The van der Waals surface area contributed by atoms with Gasteiger partial charge in [0.15, 0.2) is 5.17 Å². The molecule has 3 amide bonds. The zero-order chi connectivity index (χ0) is 22.2. The van der Waals surface area contributed by atoms with Gasteiger partial charge in [-0.1, -0.05) is 41.9 Å². The van der Waals surface area contributed by atoms with Crippen LogP contribution in [-0.4, -0.2) is 41.0 Å². The average molecular weight is 459 g/mol. The van der Waals surface area contributed by atoms with Crippen molar-refractivity contribution in [2.75, 3.05) is 18.1 Å². The summed E-state index contributed by atoms with van der Waals surface area (Å²) in [6.45, 7) is 3.12. The maximum Gasteiger partial charge on any atom is 0.270 e. The van der Waals surface area contributed by atoms with Crippen LogP contribution in [0.1, 0.15) is 19.4 Å². The molecule has 2 heterocycles. The molecule has 4 rings (SSSR count). The highest BCUT2D eigenvalue weighted by Crippen LogP contribution is 2.54. The van der Waals surface area contributed by atoms with E-state index in [4.69, 9.17) is 16.3 Å². The molecule has 2 aliphatic heterocycles. The Morgan fingerprint density at radius 1 is 1.16 bits per heavy atom. The van der Waals surface area contributed by atoms with E-state index in [1.54, 1.807) is 35.2 Å². The monoisotopic (exact) mass is 458 g/mol. The van der Waals surface area contributed by atoms with Gasteiger partial charge in [0.1, 0.15) is 12.4 Å². The van der Waals surface area contributed by atoms with Gasteiger partial charge < -0.3 is 15.0 Å². The largest absolute Gasteiger partial charge is 0.490 e. The van der Waals surface area contributed by atoms with Gasteiger partial charge >= 0.3 is 0 Å². The number of ether oxygens (including phenoxy) is 1. The smallest absolute Gasteiger partial charge is 0.270 e. The Hall–Kier alpha value is -3.04. The molecule has 10 heteroatoms. The van der Waals surface area contributed by atoms with Gasteiger partial charge in [-0.25, -0.2) is 0 Å². The molecule has 0 aromatic heterocycles. The van der Waals surface area contributed by atoms with E-state index in [1.807, 2.05) is 18.2 Å². The van der Waals surface area contributed by atoms with Gasteiger partial charge in [0, 0.05) is 19.4 Å². The number of fused-ring (bicyclic) bond motifs is 2. The minimum atomic E-state index is -1.41. The molecule has 31 heavy (non-hydrogen) atoms. The predicted molar refractivity (Wildman–Crippen MR) is 119 cm³/mol. The lowest BCUT2D eigenvalue weighted by atomic mass is 10.1. The first-order valence-corrected chi connectivity index (χ1v) is 10.7. The van der Waals surface area contributed by atoms with E-state index in [2.05, 4.69) is 10.4 Å². The molecule has 0 fully saturated rings. The Balaban J connectivity index is 1.64. The number of carbonyl (C=O) groups excluding carboxylic acids is 3. The number of amidine groups is 1. The first kappa shape index (κ1) is 21.2. The number of amides is 3. The lowest BCUT2D eigenvalue weighted by Crippen LogP contribution is -2.49. The van der Waals surface area contributed by atoms with Crippen LogP contribution < -0.4 is 15.0 Å². The molecular weight excluding hydrogens is 440 g/mol. The third-order valence-electron chi connectivity index (χ3n) is 4.82. The number of hydrogen-bond donors (Lipinski definition) is 1. The van der Waals surface area contributed by atoms with Crippen molar-refractivity contribution in [3.63, 3.8) is 0 Å². The highest BCUT2D eigenvalue weighted by Gasteiger charge is 2.61. The fourth-order valence-corrected chi connectivity index (χ4v) is 5.12. The molecule has 1 atom stereocenters. The van der Waals surface area contributed by atoms with Crippen LogP contribution in [0.15, 0.2) is 53.6 Å². The number of nitrogens with one attached hydrogen (secondary N) is 1. The number of rotatable bonds is 4. The van der Waals surface area contributed by atoms with Crippen LogP contribution in [-0.2, 0) is 19.3 Å². The van der Waals surface area contributed by atoms with Crippen molar-refractivity contribution in [1.29, 1.82) is 0 Å². The quantitative estimate of drug-likeness (QED) is 0.760. The van der Waals surface area contributed by atoms with Gasteiger partial charge in [-0.2, -0.15) is 5.01 Å². The number of benzene rings is 2. The molecule has 2 aromatic carbocycles. The van der Waals surface area contributed by atoms with Crippen molar-refractivity contribution in [1.82, 2.24) is 10.3 Å². The number of nitrogens with zero attached hydrogens (tertiary/aromatic N) is 3. The van der Waals surface area contributed by atoms with Crippen molar-refractivity contribution in [2.24, 2.45) is 5.10 Å². The van der Waals surface area contributed by atoms with Crippen LogP contribution in [0, 0.1) is 0 Å². The van der Waals surface area contributed by atoms with Gasteiger partial charge in [-0.3, -0.25) is 14.4 Å². The normalized spacial score (nSPS) is 19.5. The average Bonchev–Trinajstić information content (AvgIpc) is 3.21. The van der Waals surface area contributed by atoms with Crippen LogP contribution in [0.25, 0.3) is 0 Å². The van der Waals surface area contributed by atoms with Crippen molar-refractivity contribution >= 4 is 51.9 Å². The summed E-state index contributed by atoms with van der Waals surface area (Å²) in [6, 6.07) is 14.3. The summed E-state index contributed by atoms with van der Waals surface area (Å²) >= 11 is 7.18. The SMILES string of the molecule is CC(=O)NC1=NN(C(C)=O)C2(S1)C(=O)N(CCOc1ccccc1Cl)c1ccccc12. The number of anilines is 1. The fraction of sp³-hybridized carbons (Fsp3) is 0.238. The molecule has 0 saturated heterocycles. The van der Waals surface area contributed by atoms with Crippen molar-refractivity contribution in [3.05, 3.63) is 59.1 Å². The van der Waals surface area contributed by atoms with Crippen molar-refractivity contribution < 1.29 is 19.1 Å².